The lowest BCUT2D eigenvalue weighted by Gasteiger charge is -2.31. The van der Waals surface area contributed by atoms with E-state index in [1.165, 1.54) is 0 Å². The summed E-state index contributed by atoms with van der Waals surface area (Å²) in [7, 11) is 1.87. The number of hydrogen-bond acceptors (Lipinski definition) is 3. The Morgan fingerprint density at radius 1 is 1.36 bits per heavy atom. The number of piperidine rings is 1. The highest BCUT2D eigenvalue weighted by molar-refractivity contribution is 5.84. The lowest BCUT2D eigenvalue weighted by atomic mass is 10.1. The number of amides is 1. The zero-order valence-electron chi connectivity index (χ0n) is 8.75. The molecule has 0 bridgehead atoms. The van der Waals surface area contributed by atoms with Gasteiger partial charge >= 0.3 is 0 Å². The van der Waals surface area contributed by atoms with E-state index in [0.717, 1.165) is 38.9 Å². The van der Waals surface area contributed by atoms with Crippen molar-refractivity contribution >= 4 is 5.91 Å². The van der Waals surface area contributed by atoms with Crippen LogP contribution in [0.3, 0.4) is 0 Å². The van der Waals surface area contributed by atoms with Crippen LogP contribution in [-0.4, -0.2) is 49.6 Å². The molecule has 14 heavy (non-hydrogen) atoms. The largest absolute Gasteiger partial charge is 0.338 e. The first kappa shape index (κ1) is 9.93. The SMILES string of the molecule is CNC1CCN(C2CCNCC2)C1=O. The van der Waals surface area contributed by atoms with Crippen molar-refractivity contribution in [3.8, 4) is 0 Å². The van der Waals surface area contributed by atoms with Crippen molar-refractivity contribution in [2.45, 2.75) is 31.3 Å². The van der Waals surface area contributed by atoms with Crippen LogP contribution in [0.15, 0.2) is 0 Å². The molecule has 2 aliphatic rings. The summed E-state index contributed by atoms with van der Waals surface area (Å²) in [5.74, 6) is 0.305. The van der Waals surface area contributed by atoms with Gasteiger partial charge in [-0.3, -0.25) is 4.79 Å². The predicted octanol–water partition coefficient (Wildman–Crippen LogP) is -0.441. The van der Waals surface area contributed by atoms with Crippen molar-refractivity contribution < 1.29 is 4.79 Å². The molecule has 1 atom stereocenters. The van der Waals surface area contributed by atoms with Crippen LogP contribution >= 0.6 is 0 Å². The zero-order valence-corrected chi connectivity index (χ0v) is 8.75. The topological polar surface area (TPSA) is 44.4 Å². The Labute approximate surface area is 85.0 Å². The highest BCUT2D eigenvalue weighted by Crippen LogP contribution is 2.19. The molecule has 0 aromatic rings. The molecule has 2 N–H and O–H groups in total. The number of likely N-dealkylation sites (N-methyl/N-ethyl adjacent to an activating group) is 1. The van der Waals surface area contributed by atoms with Gasteiger partial charge in [-0.15, -0.1) is 0 Å². The molecule has 4 heteroatoms. The lowest BCUT2D eigenvalue weighted by molar-refractivity contribution is -0.131. The van der Waals surface area contributed by atoms with Gasteiger partial charge in [0.25, 0.3) is 0 Å². The molecule has 0 aromatic carbocycles. The molecule has 4 nitrogen and oxygen atoms in total. The molecule has 2 aliphatic heterocycles. The van der Waals surface area contributed by atoms with Gasteiger partial charge in [0.15, 0.2) is 0 Å². The molecule has 80 valence electrons. The van der Waals surface area contributed by atoms with Crippen molar-refractivity contribution in [1.82, 2.24) is 15.5 Å². The molecule has 0 radical (unpaired) electrons. The second-order valence-electron chi connectivity index (χ2n) is 4.14. The van der Waals surface area contributed by atoms with E-state index in [1.807, 2.05) is 7.05 Å². The number of nitrogens with one attached hydrogen (secondary N) is 2. The van der Waals surface area contributed by atoms with E-state index >= 15 is 0 Å². The van der Waals surface area contributed by atoms with Crippen molar-refractivity contribution in [3.63, 3.8) is 0 Å². The molecule has 2 rings (SSSR count). The maximum Gasteiger partial charge on any atom is 0.240 e. The van der Waals surface area contributed by atoms with Crippen LogP contribution in [0.4, 0.5) is 0 Å². The molecule has 2 saturated heterocycles. The van der Waals surface area contributed by atoms with Crippen LogP contribution in [0.2, 0.25) is 0 Å². The van der Waals surface area contributed by atoms with Gasteiger partial charge in [0.2, 0.25) is 5.91 Å². The second-order valence-corrected chi connectivity index (χ2v) is 4.14. The fourth-order valence-corrected chi connectivity index (χ4v) is 2.45. The quantitative estimate of drug-likeness (QED) is 0.631. The molecule has 2 fully saturated rings. The van der Waals surface area contributed by atoms with Gasteiger partial charge in [0, 0.05) is 12.6 Å². The van der Waals surface area contributed by atoms with E-state index in [2.05, 4.69) is 15.5 Å². The van der Waals surface area contributed by atoms with Gasteiger partial charge in [-0.2, -0.15) is 0 Å². The van der Waals surface area contributed by atoms with Gasteiger partial charge in [0.05, 0.1) is 6.04 Å². The first-order valence-corrected chi connectivity index (χ1v) is 5.51. The van der Waals surface area contributed by atoms with Gasteiger partial charge in [-0.25, -0.2) is 0 Å². The fourth-order valence-electron chi connectivity index (χ4n) is 2.45. The third kappa shape index (κ3) is 1.77. The zero-order chi connectivity index (χ0) is 9.97. The van der Waals surface area contributed by atoms with Crippen molar-refractivity contribution in [1.29, 1.82) is 0 Å². The van der Waals surface area contributed by atoms with Crippen LogP contribution in [0.1, 0.15) is 19.3 Å². The normalized spacial score (nSPS) is 29.9. The summed E-state index contributed by atoms with van der Waals surface area (Å²) >= 11 is 0. The average Bonchev–Trinajstić information content (AvgIpc) is 2.61. The van der Waals surface area contributed by atoms with Crippen LogP contribution < -0.4 is 10.6 Å². The fraction of sp³-hybridized carbons (Fsp3) is 0.900. The van der Waals surface area contributed by atoms with Gasteiger partial charge in [-0.05, 0) is 39.4 Å². The van der Waals surface area contributed by atoms with Gasteiger partial charge in [0.1, 0.15) is 0 Å². The van der Waals surface area contributed by atoms with E-state index in [0.29, 0.717) is 11.9 Å². The Bertz CT molecular complexity index is 213. The van der Waals surface area contributed by atoms with E-state index < -0.39 is 0 Å². The number of hydrogen-bond donors (Lipinski definition) is 2. The van der Waals surface area contributed by atoms with Gasteiger partial charge in [-0.1, -0.05) is 0 Å². The third-order valence-electron chi connectivity index (χ3n) is 3.34. The van der Waals surface area contributed by atoms with Crippen LogP contribution in [0.5, 0.6) is 0 Å². The summed E-state index contributed by atoms with van der Waals surface area (Å²) in [6.07, 6.45) is 3.20. The first-order valence-electron chi connectivity index (χ1n) is 5.51. The monoisotopic (exact) mass is 197 g/mol. The van der Waals surface area contributed by atoms with Crippen LogP contribution in [0, 0.1) is 0 Å². The predicted molar refractivity (Wildman–Crippen MR) is 55.1 cm³/mol. The molecule has 1 amide bonds. The summed E-state index contributed by atoms with van der Waals surface area (Å²) in [5.41, 5.74) is 0. The summed E-state index contributed by atoms with van der Waals surface area (Å²) in [4.78, 5) is 14.0. The smallest absolute Gasteiger partial charge is 0.240 e. The van der Waals surface area contributed by atoms with E-state index in [1.54, 1.807) is 0 Å². The minimum Gasteiger partial charge on any atom is -0.338 e. The highest BCUT2D eigenvalue weighted by Gasteiger charge is 2.35. The van der Waals surface area contributed by atoms with Crippen LogP contribution in [-0.2, 0) is 4.79 Å². The Kier molecular flexibility index (Phi) is 3.03. The first-order chi connectivity index (χ1) is 6.83. The number of rotatable bonds is 2. The Morgan fingerprint density at radius 3 is 2.64 bits per heavy atom. The summed E-state index contributed by atoms with van der Waals surface area (Å²) < 4.78 is 0. The summed E-state index contributed by atoms with van der Waals surface area (Å²) in [6.45, 7) is 3.05. The molecule has 0 aromatic heterocycles. The lowest BCUT2D eigenvalue weighted by Crippen LogP contribution is -2.46. The van der Waals surface area contributed by atoms with Crippen molar-refractivity contribution in [2.75, 3.05) is 26.7 Å². The van der Waals surface area contributed by atoms with Crippen molar-refractivity contribution in [3.05, 3.63) is 0 Å². The number of carbonyl (C=O) groups is 1. The van der Waals surface area contributed by atoms with Crippen molar-refractivity contribution in [2.24, 2.45) is 0 Å². The second kappa shape index (κ2) is 4.28. The summed E-state index contributed by atoms with van der Waals surface area (Å²) in [5, 5.41) is 6.40. The standard InChI is InChI=1S/C10H19N3O/c1-11-9-4-7-13(10(9)14)8-2-5-12-6-3-8/h8-9,11-12H,2-7H2,1H3. The van der Waals surface area contributed by atoms with Crippen LogP contribution in [0.25, 0.3) is 0 Å². The maximum absolute atomic E-state index is 11.9. The average molecular weight is 197 g/mol. The number of likely N-dealkylation sites (tertiary alicyclic amines) is 1. The molecule has 0 saturated carbocycles. The summed E-state index contributed by atoms with van der Waals surface area (Å²) in [6, 6.07) is 0.562. The molecule has 2 heterocycles. The van der Waals surface area contributed by atoms with E-state index in [9.17, 15) is 4.79 Å². The number of nitrogens with zero attached hydrogens (tertiary/aromatic N) is 1. The Balaban J connectivity index is 1.94. The molecular weight excluding hydrogens is 178 g/mol. The van der Waals surface area contributed by atoms with E-state index in [-0.39, 0.29) is 6.04 Å². The minimum atomic E-state index is 0.0740. The Morgan fingerprint density at radius 2 is 2.07 bits per heavy atom. The molecular formula is C10H19N3O. The minimum absolute atomic E-state index is 0.0740. The number of carbonyl (C=O) groups excluding carboxylic acids is 1. The molecule has 0 aliphatic carbocycles. The van der Waals surface area contributed by atoms with Gasteiger partial charge < -0.3 is 15.5 Å². The molecule has 0 spiro atoms. The highest BCUT2D eigenvalue weighted by atomic mass is 16.2. The Hall–Kier alpha value is -0.610. The molecule has 1 unspecified atom stereocenters. The maximum atomic E-state index is 11.9. The third-order valence-corrected chi connectivity index (χ3v) is 3.34. The van der Waals surface area contributed by atoms with E-state index in [4.69, 9.17) is 0 Å².